The average Bonchev–Trinajstić information content (AvgIpc) is 2.40. The Morgan fingerprint density at radius 3 is 2.11 bits per heavy atom. The van der Waals surface area contributed by atoms with Crippen LogP contribution in [0.4, 0.5) is 5.69 Å². The van der Waals surface area contributed by atoms with Gasteiger partial charge in [-0.05, 0) is 32.4 Å². The molecule has 0 aromatic heterocycles. The first-order chi connectivity index (χ1) is 8.21. The minimum Gasteiger partial charge on any atom is -1.00 e. The van der Waals surface area contributed by atoms with E-state index >= 15 is 0 Å². The minimum absolute atomic E-state index is 0. The van der Waals surface area contributed by atoms with E-state index in [9.17, 15) is 0 Å². The van der Waals surface area contributed by atoms with Crippen molar-refractivity contribution in [1.29, 1.82) is 0 Å². The van der Waals surface area contributed by atoms with Gasteiger partial charge in [0.15, 0.2) is 0 Å². The van der Waals surface area contributed by atoms with Crippen molar-refractivity contribution in [2.45, 2.75) is 20.8 Å². The number of aryl methyl sites for hydroxylation is 1. The van der Waals surface area contributed by atoms with Gasteiger partial charge in [-0.2, -0.15) is 0 Å². The van der Waals surface area contributed by atoms with Gasteiger partial charge in [0, 0.05) is 5.69 Å². The van der Waals surface area contributed by atoms with E-state index < -0.39 is 0 Å². The molecule has 1 saturated heterocycles. The molecule has 0 spiro atoms. The fourth-order valence-corrected chi connectivity index (χ4v) is 2.90. The Balaban J connectivity index is 0.00000162. The maximum absolute atomic E-state index is 2.55. The third kappa shape index (κ3) is 2.99. The van der Waals surface area contributed by atoms with Crippen molar-refractivity contribution >= 4 is 5.69 Å². The second kappa shape index (κ2) is 6.44. The summed E-state index contributed by atoms with van der Waals surface area (Å²) < 4.78 is 1.29. The number of nitrogens with zero attached hydrogens (tertiary/aromatic N) is 2. The summed E-state index contributed by atoms with van der Waals surface area (Å²) in [6.07, 6.45) is 0. The number of likely N-dealkylation sites (N-methyl/N-ethyl adjacent to an activating group) is 1. The fourth-order valence-electron chi connectivity index (χ4n) is 2.90. The van der Waals surface area contributed by atoms with Gasteiger partial charge in [-0.15, -0.1) is 0 Å². The summed E-state index contributed by atoms with van der Waals surface area (Å²) in [5.41, 5.74) is 2.83. The minimum atomic E-state index is 0. The molecule has 0 N–H and O–H groups in total. The molecule has 0 unspecified atom stereocenters. The zero-order valence-electron chi connectivity index (χ0n) is 11.8. The van der Waals surface area contributed by atoms with Crippen LogP contribution in [0.3, 0.4) is 0 Å². The molecule has 0 bridgehead atoms. The van der Waals surface area contributed by atoms with E-state index in [0.29, 0.717) is 0 Å². The van der Waals surface area contributed by atoms with Crippen LogP contribution in [-0.4, -0.2) is 43.8 Å². The van der Waals surface area contributed by atoms with Gasteiger partial charge in [-0.1, -0.05) is 18.2 Å². The summed E-state index contributed by atoms with van der Waals surface area (Å²) in [6.45, 7) is 14.4. The molecule has 0 saturated carbocycles. The van der Waals surface area contributed by atoms with E-state index in [-0.39, 0.29) is 12.4 Å². The molecular formula is C15H25ClN2. The second-order valence-electron chi connectivity index (χ2n) is 5.19. The van der Waals surface area contributed by atoms with Gasteiger partial charge in [0.05, 0.1) is 39.3 Å². The van der Waals surface area contributed by atoms with Crippen molar-refractivity contribution in [1.82, 2.24) is 0 Å². The van der Waals surface area contributed by atoms with E-state index in [4.69, 9.17) is 0 Å². The summed E-state index contributed by atoms with van der Waals surface area (Å²) in [6, 6.07) is 8.75. The van der Waals surface area contributed by atoms with Crippen molar-refractivity contribution in [2.75, 3.05) is 44.2 Å². The van der Waals surface area contributed by atoms with Gasteiger partial charge in [-0.25, -0.2) is 0 Å². The summed E-state index contributed by atoms with van der Waals surface area (Å²) in [5.74, 6) is 0. The first-order valence-corrected chi connectivity index (χ1v) is 6.86. The molecule has 1 aliphatic heterocycles. The molecule has 0 amide bonds. The largest absolute Gasteiger partial charge is 1.00 e. The molecule has 1 fully saturated rings. The molecule has 1 aromatic rings. The van der Waals surface area contributed by atoms with Crippen LogP contribution in [0.15, 0.2) is 24.3 Å². The molecule has 1 heterocycles. The molecule has 1 aromatic carbocycles. The first-order valence-electron chi connectivity index (χ1n) is 6.86. The Bertz CT molecular complexity index is 365. The predicted molar refractivity (Wildman–Crippen MR) is 74.5 cm³/mol. The van der Waals surface area contributed by atoms with Crippen LogP contribution in [0.1, 0.15) is 19.4 Å². The van der Waals surface area contributed by atoms with Gasteiger partial charge < -0.3 is 21.8 Å². The third-order valence-corrected chi connectivity index (χ3v) is 4.49. The van der Waals surface area contributed by atoms with E-state index in [1.165, 1.54) is 55.0 Å². The lowest BCUT2D eigenvalue weighted by atomic mass is 10.1. The maximum atomic E-state index is 2.55. The predicted octanol–water partition coefficient (Wildman–Crippen LogP) is -0.324. The third-order valence-electron chi connectivity index (χ3n) is 4.49. The maximum Gasteiger partial charge on any atom is 0.0965 e. The van der Waals surface area contributed by atoms with Crippen LogP contribution in [0.5, 0.6) is 0 Å². The van der Waals surface area contributed by atoms with Crippen molar-refractivity contribution < 1.29 is 16.9 Å². The Kier molecular flexibility index (Phi) is 5.48. The van der Waals surface area contributed by atoms with Crippen LogP contribution in [-0.2, 0) is 0 Å². The quantitative estimate of drug-likeness (QED) is 0.679. The smallest absolute Gasteiger partial charge is 0.0965 e. The topological polar surface area (TPSA) is 3.24 Å². The second-order valence-corrected chi connectivity index (χ2v) is 5.19. The SMILES string of the molecule is CC[N+]1(CC)CCN(c2ccccc2C)CC1.[Cl-]. The first kappa shape index (κ1) is 15.3. The summed E-state index contributed by atoms with van der Waals surface area (Å²) in [5, 5.41) is 0. The van der Waals surface area contributed by atoms with Gasteiger partial charge in [0.25, 0.3) is 0 Å². The van der Waals surface area contributed by atoms with Gasteiger partial charge >= 0.3 is 0 Å². The number of para-hydroxylation sites is 1. The summed E-state index contributed by atoms with van der Waals surface area (Å²) in [7, 11) is 0. The Morgan fingerprint density at radius 1 is 1.06 bits per heavy atom. The van der Waals surface area contributed by atoms with E-state index in [1.807, 2.05) is 0 Å². The molecule has 2 rings (SSSR count). The number of hydrogen-bond acceptors (Lipinski definition) is 1. The molecule has 102 valence electrons. The molecule has 0 radical (unpaired) electrons. The normalized spacial score (nSPS) is 18.3. The van der Waals surface area contributed by atoms with Crippen LogP contribution in [0, 0.1) is 6.92 Å². The number of benzene rings is 1. The summed E-state index contributed by atoms with van der Waals surface area (Å²) in [4.78, 5) is 2.55. The highest BCUT2D eigenvalue weighted by Gasteiger charge is 2.29. The van der Waals surface area contributed by atoms with Gasteiger partial charge in [0.2, 0.25) is 0 Å². The number of rotatable bonds is 3. The van der Waals surface area contributed by atoms with E-state index in [0.717, 1.165) is 0 Å². The Hall–Kier alpha value is -0.730. The van der Waals surface area contributed by atoms with Crippen LogP contribution in [0.2, 0.25) is 0 Å². The number of quaternary nitrogens is 1. The lowest BCUT2D eigenvalue weighted by molar-refractivity contribution is -0.925. The Labute approximate surface area is 118 Å². The fraction of sp³-hybridized carbons (Fsp3) is 0.600. The van der Waals surface area contributed by atoms with Crippen LogP contribution >= 0.6 is 0 Å². The van der Waals surface area contributed by atoms with Crippen LogP contribution < -0.4 is 17.3 Å². The number of halogens is 1. The van der Waals surface area contributed by atoms with E-state index in [2.05, 4.69) is 49.9 Å². The number of hydrogen-bond donors (Lipinski definition) is 0. The van der Waals surface area contributed by atoms with Gasteiger partial charge in [-0.3, -0.25) is 0 Å². The monoisotopic (exact) mass is 268 g/mol. The lowest BCUT2D eigenvalue weighted by Crippen LogP contribution is -3.00. The van der Waals surface area contributed by atoms with Crippen molar-refractivity contribution in [3.05, 3.63) is 29.8 Å². The lowest BCUT2D eigenvalue weighted by Gasteiger charge is -2.44. The molecule has 18 heavy (non-hydrogen) atoms. The number of piperazine rings is 1. The molecule has 3 heteroatoms. The standard InChI is InChI=1S/C15H25N2.ClH/c1-4-17(5-2)12-10-16(11-13-17)15-9-7-6-8-14(15)3;/h6-9H,4-5,10-13H2,1-3H3;1H/q+1;/p-1. The average molecular weight is 269 g/mol. The van der Waals surface area contributed by atoms with Crippen LogP contribution in [0.25, 0.3) is 0 Å². The molecule has 0 atom stereocenters. The zero-order chi connectivity index (χ0) is 12.3. The highest BCUT2D eigenvalue weighted by Crippen LogP contribution is 2.23. The van der Waals surface area contributed by atoms with Gasteiger partial charge in [0.1, 0.15) is 0 Å². The zero-order valence-corrected chi connectivity index (χ0v) is 12.6. The molecule has 0 aliphatic carbocycles. The van der Waals surface area contributed by atoms with E-state index in [1.54, 1.807) is 0 Å². The van der Waals surface area contributed by atoms with Crippen molar-refractivity contribution in [3.63, 3.8) is 0 Å². The highest BCUT2D eigenvalue weighted by molar-refractivity contribution is 5.53. The molecular weight excluding hydrogens is 244 g/mol. The summed E-state index contributed by atoms with van der Waals surface area (Å²) >= 11 is 0. The highest BCUT2D eigenvalue weighted by atomic mass is 35.5. The molecule has 1 aliphatic rings. The van der Waals surface area contributed by atoms with Crippen molar-refractivity contribution in [2.24, 2.45) is 0 Å². The molecule has 2 nitrogen and oxygen atoms in total. The van der Waals surface area contributed by atoms with Crippen molar-refractivity contribution in [3.8, 4) is 0 Å². The Morgan fingerprint density at radius 2 is 1.61 bits per heavy atom. The number of anilines is 1.